The van der Waals surface area contributed by atoms with Gasteiger partial charge in [-0.3, -0.25) is 4.79 Å². The van der Waals surface area contributed by atoms with Gasteiger partial charge in [-0.2, -0.15) is 0 Å². The molecule has 0 N–H and O–H groups in total. The van der Waals surface area contributed by atoms with E-state index in [1.54, 1.807) is 0 Å². The fourth-order valence-electron chi connectivity index (χ4n) is 2.04. The van der Waals surface area contributed by atoms with E-state index in [2.05, 4.69) is 4.98 Å². The Morgan fingerprint density at radius 3 is 2.94 bits per heavy atom. The number of ether oxygens (including phenoxy) is 1. The number of hydrogen-bond donors (Lipinski definition) is 0. The Bertz CT molecular complexity index is 576. The number of rotatable bonds is 5. The smallest absolute Gasteiger partial charge is 0.224 e. The van der Waals surface area contributed by atoms with Gasteiger partial charge in [0.2, 0.25) is 5.88 Å². The van der Waals surface area contributed by atoms with Crippen molar-refractivity contribution >= 4 is 17.2 Å². The minimum absolute atomic E-state index is 0.462. The SMILES string of the molecule is O=Cc1cc2ccccc2nc1OCCC1CC1. The molecule has 0 bridgehead atoms. The van der Waals surface area contributed by atoms with Crippen LogP contribution in [-0.2, 0) is 0 Å². The molecule has 0 amide bonds. The zero-order chi connectivity index (χ0) is 12.4. The predicted molar refractivity (Wildman–Crippen MR) is 70.0 cm³/mol. The fraction of sp³-hybridized carbons (Fsp3) is 0.333. The Hall–Kier alpha value is -1.90. The molecule has 92 valence electrons. The summed E-state index contributed by atoms with van der Waals surface area (Å²) < 4.78 is 5.64. The van der Waals surface area contributed by atoms with Gasteiger partial charge in [-0.1, -0.05) is 31.0 Å². The summed E-state index contributed by atoms with van der Waals surface area (Å²) in [6.07, 6.45) is 4.50. The van der Waals surface area contributed by atoms with E-state index in [0.29, 0.717) is 18.1 Å². The summed E-state index contributed by atoms with van der Waals surface area (Å²) in [6, 6.07) is 9.58. The summed E-state index contributed by atoms with van der Waals surface area (Å²) >= 11 is 0. The second-order valence-corrected chi connectivity index (χ2v) is 4.77. The van der Waals surface area contributed by atoms with Crippen molar-refractivity contribution in [2.75, 3.05) is 6.61 Å². The summed E-state index contributed by atoms with van der Waals surface area (Å²) in [5, 5.41) is 0.967. The second-order valence-electron chi connectivity index (χ2n) is 4.77. The van der Waals surface area contributed by atoms with E-state index in [-0.39, 0.29) is 0 Å². The van der Waals surface area contributed by atoms with Gasteiger partial charge >= 0.3 is 0 Å². The highest BCUT2D eigenvalue weighted by Gasteiger charge is 2.21. The maximum absolute atomic E-state index is 11.1. The number of pyridine rings is 1. The molecule has 0 atom stereocenters. The molecule has 2 aromatic rings. The zero-order valence-electron chi connectivity index (χ0n) is 10.1. The van der Waals surface area contributed by atoms with Gasteiger partial charge in [0.1, 0.15) is 0 Å². The van der Waals surface area contributed by atoms with E-state index in [1.807, 2.05) is 30.3 Å². The third-order valence-corrected chi connectivity index (χ3v) is 3.31. The maximum Gasteiger partial charge on any atom is 0.224 e. The molecular formula is C15H15NO2. The summed E-state index contributed by atoms with van der Waals surface area (Å²) in [5.74, 6) is 1.29. The molecule has 1 aliphatic rings. The molecule has 1 aliphatic carbocycles. The normalized spacial score (nSPS) is 14.7. The number of aldehydes is 1. The van der Waals surface area contributed by atoms with Crippen molar-refractivity contribution in [3.05, 3.63) is 35.9 Å². The van der Waals surface area contributed by atoms with Crippen molar-refractivity contribution in [2.24, 2.45) is 5.92 Å². The Labute approximate surface area is 106 Å². The number of fused-ring (bicyclic) bond motifs is 1. The molecule has 1 aromatic carbocycles. The molecule has 3 heteroatoms. The van der Waals surface area contributed by atoms with Crippen LogP contribution in [0.1, 0.15) is 29.6 Å². The number of nitrogens with zero attached hydrogens (tertiary/aromatic N) is 1. The van der Waals surface area contributed by atoms with Gasteiger partial charge in [-0.05, 0) is 24.5 Å². The van der Waals surface area contributed by atoms with E-state index in [1.165, 1.54) is 12.8 Å². The third kappa shape index (κ3) is 2.35. The Morgan fingerprint density at radius 2 is 2.17 bits per heavy atom. The van der Waals surface area contributed by atoms with Crippen molar-refractivity contribution in [2.45, 2.75) is 19.3 Å². The molecule has 0 aliphatic heterocycles. The van der Waals surface area contributed by atoms with Gasteiger partial charge in [0.25, 0.3) is 0 Å². The van der Waals surface area contributed by atoms with Crippen LogP contribution in [0.5, 0.6) is 5.88 Å². The molecule has 1 fully saturated rings. The van der Waals surface area contributed by atoms with E-state index >= 15 is 0 Å². The summed E-state index contributed by atoms with van der Waals surface area (Å²) in [4.78, 5) is 15.5. The fourth-order valence-corrected chi connectivity index (χ4v) is 2.04. The van der Waals surface area contributed by atoms with Crippen LogP contribution in [-0.4, -0.2) is 17.9 Å². The first-order valence-electron chi connectivity index (χ1n) is 6.34. The van der Waals surface area contributed by atoms with Crippen LogP contribution in [0.25, 0.3) is 10.9 Å². The third-order valence-electron chi connectivity index (χ3n) is 3.31. The lowest BCUT2D eigenvalue weighted by molar-refractivity contribution is 0.111. The highest BCUT2D eigenvalue weighted by molar-refractivity contribution is 5.88. The molecule has 1 saturated carbocycles. The van der Waals surface area contributed by atoms with Crippen LogP contribution >= 0.6 is 0 Å². The standard InChI is InChI=1S/C15H15NO2/c17-10-13-9-12-3-1-2-4-14(12)16-15(13)18-8-7-11-5-6-11/h1-4,9-11H,5-8H2. The highest BCUT2D eigenvalue weighted by Crippen LogP contribution is 2.32. The first-order valence-corrected chi connectivity index (χ1v) is 6.34. The van der Waals surface area contributed by atoms with Gasteiger partial charge in [0.05, 0.1) is 17.7 Å². The monoisotopic (exact) mass is 241 g/mol. The second kappa shape index (κ2) is 4.77. The average Bonchev–Trinajstić information content (AvgIpc) is 3.22. The summed E-state index contributed by atoms with van der Waals surface area (Å²) in [6.45, 7) is 0.650. The van der Waals surface area contributed by atoms with Crippen LogP contribution < -0.4 is 4.74 Å². The van der Waals surface area contributed by atoms with Gasteiger partial charge in [0, 0.05) is 5.39 Å². The lowest BCUT2D eigenvalue weighted by Crippen LogP contribution is -2.03. The van der Waals surface area contributed by atoms with Crippen LogP contribution in [0.3, 0.4) is 0 Å². The lowest BCUT2D eigenvalue weighted by atomic mass is 10.1. The van der Waals surface area contributed by atoms with Gasteiger partial charge < -0.3 is 4.74 Å². The van der Waals surface area contributed by atoms with Crippen molar-refractivity contribution < 1.29 is 9.53 Å². The molecule has 0 unspecified atom stereocenters. The Kier molecular flexibility index (Phi) is 2.97. The quantitative estimate of drug-likeness (QED) is 0.754. The van der Waals surface area contributed by atoms with Crippen molar-refractivity contribution in [1.29, 1.82) is 0 Å². The first kappa shape index (κ1) is 11.2. The van der Waals surface area contributed by atoms with Gasteiger partial charge in [-0.15, -0.1) is 0 Å². The molecule has 3 nitrogen and oxygen atoms in total. The molecule has 0 spiro atoms. The highest BCUT2D eigenvalue weighted by atomic mass is 16.5. The molecule has 1 aromatic heterocycles. The summed E-state index contributed by atoms with van der Waals surface area (Å²) in [5.41, 5.74) is 1.40. The number of aromatic nitrogens is 1. The Balaban J connectivity index is 1.85. The number of para-hydroxylation sites is 1. The molecule has 3 rings (SSSR count). The molecular weight excluding hydrogens is 226 g/mol. The van der Waals surface area contributed by atoms with E-state index in [4.69, 9.17) is 4.74 Å². The van der Waals surface area contributed by atoms with Gasteiger partial charge in [-0.25, -0.2) is 4.98 Å². The summed E-state index contributed by atoms with van der Waals surface area (Å²) in [7, 11) is 0. The van der Waals surface area contributed by atoms with Crippen molar-refractivity contribution in [3.63, 3.8) is 0 Å². The Morgan fingerprint density at radius 1 is 1.33 bits per heavy atom. The van der Waals surface area contributed by atoms with Crippen LogP contribution in [0.4, 0.5) is 0 Å². The van der Waals surface area contributed by atoms with Crippen molar-refractivity contribution in [1.82, 2.24) is 4.98 Å². The maximum atomic E-state index is 11.1. The molecule has 0 radical (unpaired) electrons. The van der Waals surface area contributed by atoms with Crippen LogP contribution in [0.15, 0.2) is 30.3 Å². The zero-order valence-corrected chi connectivity index (χ0v) is 10.1. The van der Waals surface area contributed by atoms with Crippen molar-refractivity contribution in [3.8, 4) is 5.88 Å². The average molecular weight is 241 g/mol. The van der Waals surface area contributed by atoms with Crippen LogP contribution in [0, 0.1) is 5.92 Å². The van der Waals surface area contributed by atoms with E-state index in [0.717, 1.165) is 29.5 Å². The predicted octanol–water partition coefficient (Wildman–Crippen LogP) is 3.23. The number of hydrogen-bond acceptors (Lipinski definition) is 3. The molecule has 18 heavy (non-hydrogen) atoms. The van der Waals surface area contributed by atoms with Gasteiger partial charge in [0.15, 0.2) is 6.29 Å². The number of carbonyl (C=O) groups excluding carboxylic acids is 1. The first-order chi connectivity index (χ1) is 8.86. The number of benzene rings is 1. The van der Waals surface area contributed by atoms with Crippen LogP contribution in [0.2, 0.25) is 0 Å². The topological polar surface area (TPSA) is 39.2 Å². The number of carbonyl (C=O) groups is 1. The molecule has 0 saturated heterocycles. The lowest BCUT2D eigenvalue weighted by Gasteiger charge is -2.08. The molecule has 1 heterocycles. The largest absolute Gasteiger partial charge is 0.477 e. The van der Waals surface area contributed by atoms with E-state index in [9.17, 15) is 4.79 Å². The minimum Gasteiger partial charge on any atom is -0.477 e. The van der Waals surface area contributed by atoms with E-state index < -0.39 is 0 Å². The minimum atomic E-state index is 0.462.